The summed E-state index contributed by atoms with van der Waals surface area (Å²) in [7, 11) is 1.26. The van der Waals surface area contributed by atoms with Gasteiger partial charge in [-0.15, -0.1) is 5.10 Å². The number of nitrogens with zero attached hydrogens (tertiary/aromatic N) is 6. The molecule has 3 heterocycles. The number of nitrogens with one attached hydrogen (secondary N) is 3. The van der Waals surface area contributed by atoms with Crippen LogP contribution in [0.3, 0.4) is 0 Å². The number of carbonyl (C=O) groups is 3. The van der Waals surface area contributed by atoms with Crippen LogP contribution in [0.2, 0.25) is 5.02 Å². The van der Waals surface area contributed by atoms with Crippen molar-refractivity contribution in [3.05, 3.63) is 87.6 Å². The van der Waals surface area contributed by atoms with E-state index < -0.39 is 23.6 Å². The van der Waals surface area contributed by atoms with Crippen LogP contribution in [0.15, 0.2) is 65.7 Å². The zero-order chi connectivity index (χ0) is 31.2. The highest BCUT2D eigenvalue weighted by Gasteiger charge is 2.32. The lowest BCUT2D eigenvalue weighted by molar-refractivity contribution is -0.135. The van der Waals surface area contributed by atoms with Crippen molar-refractivity contribution >= 4 is 41.3 Å². The van der Waals surface area contributed by atoms with Crippen molar-refractivity contribution in [1.29, 1.82) is 0 Å². The third-order valence-electron chi connectivity index (χ3n) is 7.10. The number of methoxy groups -OCH3 is 1. The van der Waals surface area contributed by atoms with Crippen molar-refractivity contribution in [2.45, 2.75) is 19.4 Å². The average molecular weight is 618 g/mol. The SMILES string of the molecule is COC(=O)Nc1ccc(-c2cc([C@H](CC3CN(C(C)=O)C3)NC(=O)/C=C/c3cc(Cl)ccc3-n3cnnn3)n[nH]c2=O)cc1. The number of carbonyl (C=O) groups excluding carboxylic acids is 3. The van der Waals surface area contributed by atoms with E-state index in [0.29, 0.717) is 58.3 Å². The molecule has 0 aliphatic carbocycles. The summed E-state index contributed by atoms with van der Waals surface area (Å²) < 4.78 is 6.06. The van der Waals surface area contributed by atoms with E-state index in [9.17, 15) is 19.2 Å². The number of likely N-dealkylation sites (tertiary alicyclic amines) is 1. The standard InChI is InChI=1S/C29H28ClN9O5/c1-17(40)38-14-18(15-38)11-24(33-27(41)10-5-20-12-21(30)6-9-26(20)39-16-31-36-37-39)25-13-23(28(42)35-34-25)19-3-7-22(8-4-19)32-29(43)44-2/h3-10,12-13,16,18,24H,11,14-15H2,1-2H3,(H,32,43)(H,33,41)(H,35,42)/b10-5+/t24-/m0/s1. The third kappa shape index (κ3) is 7.15. The van der Waals surface area contributed by atoms with Crippen molar-refractivity contribution in [2.75, 3.05) is 25.5 Å². The molecular formula is C29H28ClN9O5. The number of amides is 3. The Morgan fingerprint density at radius 2 is 1.93 bits per heavy atom. The molecular weight excluding hydrogens is 590 g/mol. The minimum absolute atomic E-state index is 0.0146. The average Bonchev–Trinajstić information content (AvgIpc) is 3.52. The first-order valence-electron chi connectivity index (χ1n) is 13.5. The molecule has 0 bridgehead atoms. The number of H-pyrrole nitrogens is 1. The fraction of sp³-hybridized carbons (Fsp3) is 0.241. The van der Waals surface area contributed by atoms with Crippen LogP contribution in [0.25, 0.3) is 22.9 Å². The number of hydrogen-bond acceptors (Lipinski definition) is 9. The Balaban J connectivity index is 1.39. The molecule has 0 saturated carbocycles. The smallest absolute Gasteiger partial charge is 0.411 e. The van der Waals surface area contributed by atoms with E-state index in [4.69, 9.17) is 11.6 Å². The number of anilines is 1. The van der Waals surface area contributed by atoms with Crippen LogP contribution < -0.4 is 16.2 Å². The number of aromatic nitrogens is 6. The Hall–Kier alpha value is -5.37. The fourth-order valence-electron chi connectivity index (χ4n) is 4.80. The molecule has 2 aromatic carbocycles. The Kier molecular flexibility index (Phi) is 9.09. The predicted octanol–water partition coefficient (Wildman–Crippen LogP) is 2.98. The predicted molar refractivity (Wildman–Crippen MR) is 161 cm³/mol. The fourth-order valence-corrected chi connectivity index (χ4v) is 4.98. The van der Waals surface area contributed by atoms with Gasteiger partial charge in [0, 0.05) is 42.4 Å². The van der Waals surface area contributed by atoms with E-state index in [1.165, 1.54) is 31.1 Å². The zero-order valence-corrected chi connectivity index (χ0v) is 24.5. The summed E-state index contributed by atoms with van der Waals surface area (Å²) >= 11 is 6.20. The molecule has 0 unspecified atom stereocenters. The second-order valence-electron chi connectivity index (χ2n) is 10.1. The minimum Gasteiger partial charge on any atom is -0.453 e. The van der Waals surface area contributed by atoms with E-state index in [2.05, 4.69) is 41.1 Å². The molecule has 44 heavy (non-hydrogen) atoms. The number of aromatic amines is 1. The van der Waals surface area contributed by atoms with Crippen LogP contribution in [-0.2, 0) is 14.3 Å². The van der Waals surface area contributed by atoms with Crippen LogP contribution in [0.1, 0.15) is 30.6 Å². The van der Waals surface area contributed by atoms with Crippen molar-refractivity contribution in [1.82, 2.24) is 40.6 Å². The summed E-state index contributed by atoms with van der Waals surface area (Å²) in [6.07, 6.45) is 4.27. The van der Waals surface area contributed by atoms with Crippen LogP contribution in [0.4, 0.5) is 10.5 Å². The first-order valence-corrected chi connectivity index (χ1v) is 13.9. The van der Waals surface area contributed by atoms with E-state index >= 15 is 0 Å². The molecule has 0 radical (unpaired) electrons. The molecule has 0 spiro atoms. The van der Waals surface area contributed by atoms with Gasteiger partial charge < -0.3 is 15.0 Å². The summed E-state index contributed by atoms with van der Waals surface area (Å²) in [6, 6.07) is 12.8. The Morgan fingerprint density at radius 1 is 1.16 bits per heavy atom. The maximum Gasteiger partial charge on any atom is 0.411 e. The Labute approximate surface area is 256 Å². The molecule has 3 N–H and O–H groups in total. The first kappa shape index (κ1) is 30.1. The number of tetrazole rings is 1. The molecule has 1 saturated heterocycles. The second kappa shape index (κ2) is 13.3. The molecule has 2 aromatic heterocycles. The first-order chi connectivity index (χ1) is 21.2. The molecule has 4 aromatic rings. The Bertz CT molecular complexity index is 1750. The van der Waals surface area contributed by atoms with Gasteiger partial charge in [0.05, 0.1) is 30.1 Å². The quantitative estimate of drug-likeness (QED) is 0.238. The summed E-state index contributed by atoms with van der Waals surface area (Å²) in [5.74, 6) is -0.305. The van der Waals surface area contributed by atoms with Crippen molar-refractivity contribution in [2.24, 2.45) is 5.92 Å². The number of benzene rings is 2. The highest BCUT2D eigenvalue weighted by molar-refractivity contribution is 6.30. The lowest BCUT2D eigenvalue weighted by Crippen LogP contribution is -2.50. The lowest BCUT2D eigenvalue weighted by Gasteiger charge is -2.40. The molecule has 14 nitrogen and oxygen atoms in total. The Morgan fingerprint density at radius 3 is 2.61 bits per heavy atom. The van der Waals surface area contributed by atoms with Crippen LogP contribution in [0, 0.1) is 5.92 Å². The molecule has 226 valence electrons. The monoisotopic (exact) mass is 617 g/mol. The van der Waals surface area contributed by atoms with Crippen molar-refractivity contribution in [3.8, 4) is 16.8 Å². The van der Waals surface area contributed by atoms with E-state index in [-0.39, 0.29) is 11.8 Å². The van der Waals surface area contributed by atoms with Gasteiger partial charge in [-0.1, -0.05) is 23.7 Å². The van der Waals surface area contributed by atoms with Crippen LogP contribution >= 0.6 is 11.6 Å². The maximum absolute atomic E-state index is 13.2. The number of rotatable bonds is 9. The van der Waals surface area contributed by atoms with Gasteiger partial charge in [-0.25, -0.2) is 9.89 Å². The third-order valence-corrected chi connectivity index (χ3v) is 7.33. The van der Waals surface area contributed by atoms with Crippen molar-refractivity contribution in [3.63, 3.8) is 0 Å². The molecule has 5 rings (SSSR count). The van der Waals surface area contributed by atoms with E-state index in [1.807, 2.05) is 0 Å². The van der Waals surface area contributed by atoms with Crippen molar-refractivity contribution < 1.29 is 19.1 Å². The van der Waals surface area contributed by atoms with Crippen LogP contribution in [-0.4, -0.2) is 73.4 Å². The second-order valence-corrected chi connectivity index (χ2v) is 10.5. The molecule has 3 amide bonds. The number of hydrogen-bond donors (Lipinski definition) is 3. The normalized spacial score (nSPS) is 13.8. The summed E-state index contributed by atoms with van der Waals surface area (Å²) in [5, 5.41) is 24.0. The van der Waals surface area contributed by atoms with E-state index in [0.717, 1.165) is 0 Å². The summed E-state index contributed by atoms with van der Waals surface area (Å²) in [6.45, 7) is 2.63. The zero-order valence-electron chi connectivity index (χ0n) is 23.7. The number of ether oxygens (including phenoxy) is 1. The minimum atomic E-state index is -0.615. The highest BCUT2D eigenvalue weighted by atomic mass is 35.5. The van der Waals surface area contributed by atoms with Gasteiger partial charge in [0.15, 0.2) is 0 Å². The van der Waals surface area contributed by atoms with Gasteiger partial charge in [0.1, 0.15) is 6.33 Å². The van der Waals surface area contributed by atoms with Gasteiger partial charge in [-0.2, -0.15) is 9.78 Å². The summed E-state index contributed by atoms with van der Waals surface area (Å²) in [4.78, 5) is 51.0. The molecule has 15 heteroatoms. The molecule has 1 fully saturated rings. The molecule has 1 atom stereocenters. The van der Waals surface area contributed by atoms with E-state index in [1.54, 1.807) is 59.5 Å². The van der Waals surface area contributed by atoms with Gasteiger partial charge in [0.2, 0.25) is 11.8 Å². The van der Waals surface area contributed by atoms with Gasteiger partial charge in [-0.3, -0.25) is 19.7 Å². The molecule has 1 aliphatic rings. The highest BCUT2D eigenvalue weighted by Crippen LogP contribution is 2.29. The van der Waals surface area contributed by atoms with Gasteiger partial charge in [0.25, 0.3) is 5.56 Å². The largest absolute Gasteiger partial charge is 0.453 e. The maximum atomic E-state index is 13.2. The van der Waals surface area contributed by atoms with Gasteiger partial charge in [-0.05, 0) is 70.8 Å². The van der Waals surface area contributed by atoms with Crippen LogP contribution in [0.5, 0.6) is 0 Å². The lowest BCUT2D eigenvalue weighted by atomic mass is 9.90. The topological polar surface area (TPSA) is 177 Å². The summed E-state index contributed by atoms with van der Waals surface area (Å²) in [5.41, 5.74) is 2.66. The number of halogens is 1. The molecule has 1 aliphatic heterocycles. The van der Waals surface area contributed by atoms with Gasteiger partial charge >= 0.3 is 6.09 Å².